The Kier molecular flexibility index (Phi) is 2.99. The van der Waals surface area contributed by atoms with Crippen molar-refractivity contribution in [2.45, 2.75) is 38.5 Å². The summed E-state index contributed by atoms with van der Waals surface area (Å²) in [6, 6.07) is -0.736. The summed E-state index contributed by atoms with van der Waals surface area (Å²) in [6.07, 6.45) is -2.61. The number of nitrogens with zero attached hydrogens (tertiary/aromatic N) is 1. The standard InChI is InChI=1S/C9H16FNO3/c1-9(2,3)11(8(12)13)7-5-14-4-6(7)10/h6-7H,4-5H2,1-3H3,(H,12,13)/p-1/t6-,7+/m0/s1. The second-order valence-electron chi connectivity index (χ2n) is 4.43. The third-order valence-electron chi connectivity index (χ3n) is 2.23. The van der Waals surface area contributed by atoms with E-state index in [1.165, 1.54) is 0 Å². The number of halogens is 1. The van der Waals surface area contributed by atoms with Crippen molar-refractivity contribution in [1.82, 2.24) is 4.90 Å². The van der Waals surface area contributed by atoms with E-state index in [2.05, 4.69) is 0 Å². The van der Waals surface area contributed by atoms with Crippen LogP contribution in [0.15, 0.2) is 0 Å². The highest BCUT2D eigenvalue weighted by molar-refractivity contribution is 5.64. The van der Waals surface area contributed by atoms with Gasteiger partial charge in [0.25, 0.3) is 0 Å². The van der Waals surface area contributed by atoms with Gasteiger partial charge in [-0.15, -0.1) is 0 Å². The molecule has 0 radical (unpaired) electrons. The van der Waals surface area contributed by atoms with E-state index in [4.69, 9.17) is 4.74 Å². The van der Waals surface area contributed by atoms with Crippen molar-refractivity contribution in [1.29, 1.82) is 0 Å². The van der Waals surface area contributed by atoms with Crippen LogP contribution in [0.4, 0.5) is 9.18 Å². The molecule has 0 spiro atoms. The number of amides is 1. The first-order valence-corrected chi connectivity index (χ1v) is 4.56. The maximum absolute atomic E-state index is 13.3. The molecule has 0 bridgehead atoms. The van der Waals surface area contributed by atoms with Crippen LogP contribution in [0.5, 0.6) is 0 Å². The lowest BCUT2D eigenvalue weighted by molar-refractivity contribution is -0.274. The van der Waals surface area contributed by atoms with E-state index < -0.39 is 23.8 Å². The predicted molar refractivity (Wildman–Crippen MR) is 46.5 cm³/mol. The van der Waals surface area contributed by atoms with Crippen molar-refractivity contribution in [3.05, 3.63) is 0 Å². The monoisotopic (exact) mass is 204 g/mol. The van der Waals surface area contributed by atoms with Gasteiger partial charge in [-0.1, -0.05) is 0 Å². The van der Waals surface area contributed by atoms with E-state index in [0.717, 1.165) is 4.90 Å². The van der Waals surface area contributed by atoms with Gasteiger partial charge in [-0.05, 0) is 20.8 Å². The lowest BCUT2D eigenvalue weighted by atomic mass is 10.0. The Hall–Kier alpha value is -0.840. The lowest BCUT2D eigenvalue weighted by Gasteiger charge is -2.42. The topological polar surface area (TPSA) is 52.6 Å². The van der Waals surface area contributed by atoms with Crippen LogP contribution < -0.4 is 5.11 Å². The van der Waals surface area contributed by atoms with Crippen molar-refractivity contribution >= 4 is 6.09 Å². The summed E-state index contributed by atoms with van der Waals surface area (Å²) in [5, 5.41) is 10.9. The molecule has 0 unspecified atom stereocenters. The number of hydrogen-bond donors (Lipinski definition) is 0. The Morgan fingerprint density at radius 3 is 2.36 bits per heavy atom. The molecule has 0 aliphatic carbocycles. The molecule has 1 rings (SSSR count). The van der Waals surface area contributed by atoms with Gasteiger partial charge in [0.15, 0.2) is 0 Å². The number of rotatable bonds is 1. The van der Waals surface area contributed by atoms with E-state index in [1.54, 1.807) is 20.8 Å². The van der Waals surface area contributed by atoms with Gasteiger partial charge in [-0.25, -0.2) is 4.39 Å². The Labute approximate surface area is 82.6 Å². The van der Waals surface area contributed by atoms with E-state index in [1.807, 2.05) is 0 Å². The number of hydrogen-bond acceptors (Lipinski definition) is 3. The fourth-order valence-corrected chi connectivity index (χ4v) is 1.66. The van der Waals surface area contributed by atoms with Crippen LogP contribution in [0.25, 0.3) is 0 Å². The van der Waals surface area contributed by atoms with E-state index in [9.17, 15) is 14.3 Å². The highest BCUT2D eigenvalue weighted by Gasteiger charge is 2.38. The summed E-state index contributed by atoms with van der Waals surface area (Å²) in [4.78, 5) is 11.9. The first-order valence-electron chi connectivity index (χ1n) is 4.56. The first kappa shape index (κ1) is 11.2. The van der Waals surface area contributed by atoms with Gasteiger partial charge in [0.05, 0.1) is 19.3 Å². The number of carbonyl (C=O) groups excluding carboxylic acids is 1. The van der Waals surface area contributed by atoms with Crippen LogP contribution >= 0.6 is 0 Å². The number of carbonyl (C=O) groups is 1. The average molecular weight is 204 g/mol. The molecule has 1 aliphatic rings. The molecule has 1 aliphatic heterocycles. The number of carboxylic acid groups (broad SMARTS) is 1. The predicted octanol–water partition coefficient (Wildman–Crippen LogP) is 0.167. The molecular weight excluding hydrogens is 189 g/mol. The fraction of sp³-hybridized carbons (Fsp3) is 0.889. The highest BCUT2D eigenvalue weighted by atomic mass is 19.1. The van der Waals surface area contributed by atoms with Crippen molar-refractivity contribution in [2.75, 3.05) is 13.2 Å². The molecular formula is C9H15FNO3-. The summed E-state index contributed by atoms with van der Waals surface area (Å²) in [6.45, 7) is 5.17. The summed E-state index contributed by atoms with van der Waals surface area (Å²) in [7, 11) is 0. The molecule has 1 saturated heterocycles. The summed E-state index contributed by atoms with van der Waals surface area (Å²) < 4.78 is 18.2. The Morgan fingerprint density at radius 1 is 1.50 bits per heavy atom. The molecule has 0 aromatic rings. The second kappa shape index (κ2) is 3.73. The summed E-state index contributed by atoms with van der Waals surface area (Å²) >= 11 is 0. The van der Waals surface area contributed by atoms with E-state index >= 15 is 0 Å². The molecule has 0 saturated carbocycles. The lowest BCUT2D eigenvalue weighted by Crippen LogP contribution is -2.59. The smallest absolute Gasteiger partial charge is 0.146 e. The molecule has 1 fully saturated rings. The third-order valence-corrected chi connectivity index (χ3v) is 2.23. The summed E-state index contributed by atoms with van der Waals surface area (Å²) in [5.74, 6) is 0. The molecule has 1 amide bonds. The van der Waals surface area contributed by atoms with Gasteiger partial charge < -0.3 is 19.5 Å². The molecule has 82 valence electrons. The minimum atomic E-state index is -1.35. The Morgan fingerprint density at radius 2 is 2.07 bits per heavy atom. The van der Waals surface area contributed by atoms with Crippen LogP contribution in [-0.2, 0) is 4.74 Å². The van der Waals surface area contributed by atoms with Crippen molar-refractivity contribution < 1.29 is 19.0 Å². The number of alkyl halides is 1. The van der Waals surface area contributed by atoms with Gasteiger partial charge in [0, 0.05) is 5.54 Å². The molecule has 14 heavy (non-hydrogen) atoms. The molecule has 5 heteroatoms. The Balaban J connectivity index is 2.83. The van der Waals surface area contributed by atoms with Gasteiger partial charge in [0.1, 0.15) is 12.3 Å². The zero-order valence-corrected chi connectivity index (χ0v) is 8.62. The van der Waals surface area contributed by atoms with Crippen LogP contribution in [0.3, 0.4) is 0 Å². The molecule has 2 atom stereocenters. The van der Waals surface area contributed by atoms with Crippen LogP contribution in [0.2, 0.25) is 0 Å². The van der Waals surface area contributed by atoms with Crippen molar-refractivity contribution in [3.63, 3.8) is 0 Å². The molecule has 0 N–H and O–H groups in total. The Bertz CT molecular complexity index is 227. The molecule has 4 nitrogen and oxygen atoms in total. The normalized spacial score (nSPS) is 27.7. The third kappa shape index (κ3) is 2.15. The zero-order chi connectivity index (χ0) is 10.9. The largest absolute Gasteiger partial charge is 0.530 e. The summed E-state index contributed by atoms with van der Waals surface area (Å²) in [5.41, 5.74) is -0.665. The minimum Gasteiger partial charge on any atom is -0.530 e. The van der Waals surface area contributed by atoms with Gasteiger partial charge in [-0.2, -0.15) is 0 Å². The van der Waals surface area contributed by atoms with Gasteiger partial charge in [0.2, 0.25) is 0 Å². The van der Waals surface area contributed by atoms with Gasteiger partial charge >= 0.3 is 0 Å². The maximum Gasteiger partial charge on any atom is 0.146 e. The average Bonchev–Trinajstić information content (AvgIpc) is 2.32. The van der Waals surface area contributed by atoms with Gasteiger partial charge in [-0.3, -0.25) is 0 Å². The molecule has 0 aromatic carbocycles. The zero-order valence-electron chi connectivity index (χ0n) is 8.62. The second-order valence-corrected chi connectivity index (χ2v) is 4.43. The van der Waals surface area contributed by atoms with Crippen molar-refractivity contribution in [3.8, 4) is 0 Å². The maximum atomic E-state index is 13.3. The van der Waals surface area contributed by atoms with Crippen LogP contribution in [0, 0.1) is 0 Å². The highest BCUT2D eigenvalue weighted by Crippen LogP contribution is 2.23. The minimum absolute atomic E-state index is 0.0372. The molecule has 1 heterocycles. The van der Waals surface area contributed by atoms with E-state index in [0.29, 0.717) is 0 Å². The number of ether oxygens (including phenoxy) is 1. The quantitative estimate of drug-likeness (QED) is 0.611. The van der Waals surface area contributed by atoms with Crippen molar-refractivity contribution in [2.24, 2.45) is 0 Å². The first-order chi connectivity index (χ1) is 6.34. The van der Waals surface area contributed by atoms with E-state index in [-0.39, 0.29) is 13.2 Å². The van der Waals surface area contributed by atoms with Crippen LogP contribution in [-0.4, -0.2) is 42.0 Å². The van der Waals surface area contributed by atoms with Crippen LogP contribution in [0.1, 0.15) is 20.8 Å². The fourth-order valence-electron chi connectivity index (χ4n) is 1.66. The SMILES string of the molecule is CC(C)(C)N(C(=O)[O-])[C@@H]1COC[C@@H]1F. The molecule has 0 aromatic heterocycles.